The lowest BCUT2D eigenvalue weighted by Gasteiger charge is -2.27. The molecule has 5 heteroatoms. The Morgan fingerprint density at radius 1 is 0.879 bits per heavy atom. The van der Waals surface area contributed by atoms with Crippen molar-refractivity contribution < 1.29 is 14.3 Å². The standard InChI is InChI=1S/C28H38N2O3/c1-27(2,3)21-12-15-24(23(18-21)28(4,5)6)33-19-25(31)29-22-13-10-20(11-14-22)26(32)30-16-8-7-9-17-30/h10-15,18H,7-9,16-17,19H2,1-6H3,(H,29,31). The van der Waals surface area contributed by atoms with Gasteiger partial charge in [-0.15, -0.1) is 0 Å². The monoisotopic (exact) mass is 450 g/mol. The Hall–Kier alpha value is -2.82. The minimum atomic E-state index is -0.232. The van der Waals surface area contributed by atoms with Crippen LogP contribution < -0.4 is 10.1 Å². The van der Waals surface area contributed by atoms with Crippen molar-refractivity contribution in [2.24, 2.45) is 0 Å². The van der Waals surface area contributed by atoms with Gasteiger partial charge in [0.2, 0.25) is 0 Å². The van der Waals surface area contributed by atoms with Crippen LogP contribution in [0.4, 0.5) is 5.69 Å². The molecule has 1 aliphatic rings. The molecule has 0 aromatic heterocycles. The molecule has 0 atom stereocenters. The van der Waals surface area contributed by atoms with E-state index >= 15 is 0 Å². The first kappa shape index (κ1) is 24.8. The van der Waals surface area contributed by atoms with E-state index < -0.39 is 0 Å². The van der Waals surface area contributed by atoms with Crippen LogP contribution in [-0.4, -0.2) is 36.4 Å². The number of benzene rings is 2. The number of amides is 2. The van der Waals surface area contributed by atoms with E-state index in [9.17, 15) is 9.59 Å². The van der Waals surface area contributed by atoms with E-state index in [1.807, 2.05) is 11.0 Å². The van der Waals surface area contributed by atoms with E-state index in [0.717, 1.165) is 37.2 Å². The number of nitrogens with zero attached hydrogens (tertiary/aromatic N) is 1. The highest BCUT2D eigenvalue weighted by Crippen LogP contribution is 2.35. The van der Waals surface area contributed by atoms with E-state index in [0.29, 0.717) is 11.3 Å². The normalized spacial score (nSPS) is 14.7. The summed E-state index contributed by atoms with van der Waals surface area (Å²) in [6, 6.07) is 13.3. The highest BCUT2D eigenvalue weighted by Gasteiger charge is 2.23. The fraction of sp³-hybridized carbons (Fsp3) is 0.500. The lowest BCUT2D eigenvalue weighted by Crippen LogP contribution is -2.35. The number of ether oxygens (including phenoxy) is 1. The lowest BCUT2D eigenvalue weighted by atomic mass is 9.80. The Bertz CT molecular complexity index is 976. The fourth-order valence-corrected chi connectivity index (χ4v) is 4.02. The maximum absolute atomic E-state index is 12.6. The molecule has 33 heavy (non-hydrogen) atoms. The number of hydrogen-bond acceptors (Lipinski definition) is 3. The lowest BCUT2D eigenvalue weighted by molar-refractivity contribution is -0.118. The summed E-state index contributed by atoms with van der Waals surface area (Å²) in [6.45, 7) is 14.6. The average molecular weight is 451 g/mol. The highest BCUT2D eigenvalue weighted by atomic mass is 16.5. The van der Waals surface area contributed by atoms with Crippen LogP contribution in [0, 0.1) is 0 Å². The molecule has 1 heterocycles. The minimum Gasteiger partial charge on any atom is -0.483 e. The third kappa shape index (κ3) is 6.59. The highest BCUT2D eigenvalue weighted by molar-refractivity contribution is 5.96. The van der Waals surface area contributed by atoms with Gasteiger partial charge >= 0.3 is 0 Å². The largest absolute Gasteiger partial charge is 0.483 e. The van der Waals surface area contributed by atoms with Crippen molar-refractivity contribution in [1.82, 2.24) is 4.90 Å². The summed E-state index contributed by atoms with van der Waals surface area (Å²) in [5, 5.41) is 2.86. The fourth-order valence-electron chi connectivity index (χ4n) is 4.02. The van der Waals surface area contributed by atoms with Gasteiger partial charge in [-0.1, -0.05) is 53.7 Å². The molecule has 1 aliphatic heterocycles. The molecule has 2 amide bonds. The zero-order valence-electron chi connectivity index (χ0n) is 21.0. The van der Waals surface area contributed by atoms with Crippen LogP contribution in [0.3, 0.4) is 0 Å². The maximum atomic E-state index is 12.6. The molecule has 0 spiro atoms. The van der Waals surface area contributed by atoms with E-state index in [2.05, 4.69) is 59.0 Å². The van der Waals surface area contributed by atoms with Crippen LogP contribution >= 0.6 is 0 Å². The number of anilines is 1. The van der Waals surface area contributed by atoms with Crippen molar-refractivity contribution in [3.8, 4) is 5.75 Å². The molecular formula is C28H38N2O3. The molecule has 0 aliphatic carbocycles. The molecule has 178 valence electrons. The van der Waals surface area contributed by atoms with Gasteiger partial charge in [0.15, 0.2) is 6.61 Å². The summed E-state index contributed by atoms with van der Waals surface area (Å²) in [5.74, 6) is 0.558. The SMILES string of the molecule is CC(C)(C)c1ccc(OCC(=O)Nc2ccc(C(=O)N3CCCCC3)cc2)c(C(C)(C)C)c1. The molecule has 1 saturated heterocycles. The van der Waals surface area contributed by atoms with Crippen LogP contribution in [0.25, 0.3) is 0 Å². The molecule has 3 rings (SSSR count). The first-order valence-corrected chi connectivity index (χ1v) is 11.9. The van der Waals surface area contributed by atoms with E-state index in [-0.39, 0.29) is 29.3 Å². The van der Waals surface area contributed by atoms with Crippen molar-refractivity contribution in [2.75, 3.05) is 25.0 Å². The van der Waals surface area contributed by atoms with Gasteiger partial charge in [0, 0.05) is 24.3 Å². The molecule has 2 aromatic carbocycles. The van der Waals surface area contributed by atoms with Gasteiger partial charge in [-0.3, -0.25) is 9.59 Å². The Balaban J connectivity index is 1.62. The second-order valence-corrected chi connectivity index (χ2v) is 11.0. The van der Waals surface area contributed by atoms with Crippen molar-refractivity contribution in [1.29, 1.82) is 0 Å². The quantitative estimate of drug-likeness (QED) is 0.615. The van der Waals surface area contributed by atoms with Gasteiger partial charge in [0.1, 0.15) is 5.75 Å². The molecular weight excluding hydrogens is 412 g/mol. The van der Waals surface area contributed by atoms with Gasteiger partial charge < -0.3 is 15.0 Å². The van der Waals surface area contributed by atoms with Crippen LogP contribution in [-0.2, 0) is 15.6 Å². The summed E-state index contributed by atoms with van der Waals surface area (Å²) >= 11 is 0. The summed E-state index contributed by atoms with van der Waals surface area (Å²) in [7, 11) is 0. The van der Waals surface area contributed by atoms with Crippen LogP contribution in [0.15, 0.2) is 42.5 Å². The first-order valence-electron chi connectivity index (χ1n) is 11.9. The molecule has 0 unspecified atom stereocenters. The second-order valence-electron chi connectivity index (χ2n) is 11.0. The molecule has 2 aromatic rings. The summed E-state index contributed by atoms with van der Waals surface area (Å²) in [5.41, 5.74) is 3.56. The minimum absolute atomic E-state index is 0.0391. The Labute approximate surface area is 198 Å². The van der Waals surface area contributed by atoms with E-state index in [4.69, 9.17) is 4.74 Å². The van der Waals surface area contributed by atoms with Gasteiger partial charge in [0.25, 0.3) is 11.8 Å². The van der Waals surface area contributed by atoms with Crippen molar-refractivity contribution >= 4 is 17.5 Å². The predicted octanol–water partition coefficient (Wildman–Crippen LogP) is 5.93. The number of nitrogens with one attached hydrogen (secondary N) is 1. The summed E-state index contributed by atoms with van der Waals surface area (Å²) < 4.78 is 5.93. The van der Waals surface area contributed by atoms with Crippen LogP contribution in [0.2, 0.25) is 0 Å². The number of piperidine rings is 1. The smallest absolute Gasteiger partial charge is 0.262 e. The molecule has 5 nitrogen and oxygen atoms in total. The second kappa shape index (κ2) is 9.98. The zero-order chi connectivity index (χ0) is 24.2. The molecule has 0 bridgehead atoms. The summed E-state index contributed by atoms with van der Waals surface area (Å²) in [4.78, 5) is 27.0. The molecule has 0 saturated carbocycles. The molecule has 1 N–H and O–H groups in total. The van der Waals surface area contributed by atoms with Crippen molar-refractivity contribution in [3.63, 3.8) is 0 Å². The van der Waals surface area contributed by atoms with Crippen molar-refractivity contribution in [3.05, 3.63) is 59.2 Å². The third-order valence-corrected chi connectivity index (χ3v) is 6.07. The topological polar surface area (TPSA) is 58.6 Å². The Kier molecular flexibility index (Phi) is 7.51. The van der Waals surface area contributed by atoms with Gasteiger partial charge in [-0.25, -0.2) is 0 Å². The van der Waals surface area contributed by atoms with E-state index in [1.54, 1.807) is 24.3 Å². The first-order chi connectivity index (χ1) is 15.4. The maximum Gasteiger partial charge on any atom is 0.262 e. The number of likely N-dealkylation sites (tertiary alicyclic amines) is 1. The van der Waals surface area contributed by atoms with E-state index in [1.165, 1.54) is 12.0 Å². The van der Waals surface area contributed by atoms with Gasteiger partial charge in [0.05, 0.1) is 0 Å². The number of carbonyl (C=O) groups excluding carboxylic acids is 2. The number of hydrogen-bond donors (Lipinski definition) is 1. The van der Waals surface area contributed by atoms with Gasteiger partial charge in [-0.2, -0.15) is 0 Å². The van der Waals surface area contributed by atoms with Crippen molar-refractivity contribution in [2.45, 2.75) is 71.6 Å². The van der Waals surface area contributed by atoms with Crippen LogP contribution in [0.1, 0.15) is 82.3 Å². The number of carbonyl (C=O) groups is 2. The zero-order valence-corrected chi connectivity index (χ0v) is 21.0. The van der Waals surface area contributed by atoms with Gasteiger partial charge in [-0.05, 0) is 71.6 Å². The Morgan fingerprint density at radius 3 is 2.09 bits per heavy atom. The average Bonchev–Trinajstić information content (AvgIpc) is 2.77. The number of rotatable bonds is 5. The summed E-state index contributed by atoms with van der Waals surface area (Å²) in [6.07, 6.45) is 3.32. The predicted molar refractivity (Wildman–Crippen MR) is 134 cm³/mol. The molecule has 0 radical (unpaired) electrons. The van der Waals surface area contributed by atoms with Crippen LogP contribution in [0.5, 0.6) is 5.75 Å². The molecule has 1 fully saturated rings. The Morgan fingerprint density at radius 2 is 1.52 bits per heavy atom. The third-order valence-electron chi connectivity index (χ3n) is 6.07.